The van der Waals surface area contributed by atoms with Crippen molar-refractivity contribution in [1.29, 1.82) is 0 Å². The normalized spacial score (nSPS) is 16.0. The molecule has 0 spiro atoms. The smallest absolute Gasteiger partial charge is 0.422 e. The maximum atomic E-state index is 13.5. The van der Waals surface area contributed by atoms with Gasteiger partial charge >= 0.3 is 6.09 Å². The number of nitrogens with zero attached hydrogens (tertiary/aromatic N) is 1. The minimum Gasteiger partial charge on any atom is -0.443 e. The Labute approximate surface area is 195 Å². The molecule has 8 heteroatoms. The van der Waals surface area contributed by atoms with E-state index in [0.717, 1.165) is 4.90 Å². The topological polar surface area (TPSA) is 75.7 Å². The third-order valence-electron chi connectivity index (χ3n) is 5.49. The van der Waals surface area contributed by atoms with Crippen LogP contribution in [0.25, 0.3) is 11.4 Å². The average Bonchev–Trinajstić information content (AvgIpc) is 3.24. The van der Waals surface area contributed by atoms with Crippen LogP contribution in [0.15, 0.2) is 59.7 Å². The van der Waals surface area contributed by atoms with E-state index in [-0.39, 0.29) is 16.8 Å². The van der Waals surface area contributed by atoms with Gasteiger partial charge in [0.1, 0.15) is 5.60 Å². The summed E-state index contributed by atoms with van der Waals surface area (Å²) in [6.07, 6.45) is -0.295. The Morgan fingerprint density at radius 1 is 0.938 bits per heavy atom. The molecule has 0 aliphatic carbocycles. The fraction of sp³-hybridized carbons (Fsp3) is 0.208. The van der Waals surface area contributed by atoms with Gasteiger partial charge < -0.3 is 10.1 Å². The first-order valence-corrected chi connectivity index (χ1v) is 10.8. The Bertz CT molecular complexity index is 1200. The highest BCUT2D eigenvalue weighted by Gasteiger charge is 2.49. The number of carbonyl (C=O) groups excluding carboxylic acids is 3. The van der Waals surface area contributed by atoms with E-state index in [4.69, 9.17) is 27.9 Å². The molecule has 0 aromatic heterocycles. The predicted molar refractivity (Wildman–Crippen MR) is 123 cm³/mol. The number of rotatable bonds is 4. The summed E-state index contributed by atoms with van der Waals surface area (Å²) >= 11 is 12.0. The molecule has 6 nitrogen and oxygen atoms in total. The van der Waals surface area contributed by atoms with E-state index < -0.39 is 23.5 Å². The van der Waals surface area contributed by atoms with Gasteiger partial charge in [0, 0.05) is 10.0 Å². The number of ether oxygens (including phenoxy) is 1. The first kappa shape index (κ1) is 22.1. The van der Waals surface area contributed by atoms with Gasteiger partial charge in [-0.3, -0.25) is 9.59 Å². The van der Waals surface area contributed by atoms with Crippen molar-refractivity contribution in [2.45, 2.75) is 32.8 Å². The van der Waals surface area contributed by atoms with Gasteiger partial charge in [0.2, 0.25) is 0 Å². The predicted octanol–water partition coefficient (Wildman–Crippen LogP) is 5.41. The second kappa shape index (κ2) is 8.11. The number of amides is 3. The number of nitrogens with one attached hydrogen (secondary N) is 1. The van der Waals surface area contributed by atoms with E-state index in [1.807, 2.05) is 6.92 Å². The molecule has 0 unspecified atom stereocenters. The lowest BCUT2D eigenvalue weighted by Crippen LogP contribution is -2.39. The summed E-state index contributed by atoms with van der Waals surface area (Å²) < 4.78 is 5.61. The van der Waals surface area contributed by atoms with Crippen molar-refractivity contribution in [3.8, 4) is 0 Å². The molecule has 2 aliphatic heterocycles. The highest BCUT2D eigenvalue weighted by molar-refractivity contribution is 6.34. The van der Waals surface area contributed by atoms with E-state index in [2.05, 4.69) is 5.32 Å². The standard InChI is InChI=1S/C24H20Cl2N2O4/c1-4-24(2,3)32-23(31)28-20(14-7-11-16(26)12-8-14)18-17(22(28)30)19(27-21(18)29)13-5-9-15(25)10-6-13/h5-12H,4H2,1-3H3,(H,27,29). The summed E-state index contributed by atoms with van der Waals surface area (Å²) in [4.78, 5) is 40.6. The van der Waals surface area contributed by atoms with Crippen LogP contribution in [0.4, 0.5) is 4.79 Å². The molecule has 2 aromatic carbocycles. The van der Waals surface area contributed by atoms with Crippen LogP contribution in [0, 0.1) is 0 Å². The summed E-state index contributed by atoms with van der Waals surface area (Å²) in [5.41, 5.74) is 1.03. The third kappa shape index (κ3) is 3.80. The number of hydrogen-bond acceptors (Lipinski definition) is 4. The van der Waals surface area contributed by atoms with Crippen molar-refractivity contribution in [3.05, 3.63) is 80.8 Å². The molecule has 2 heterocycles. The molecule has 164 valence electrons. The van der Waals surface area contributed by atoms with E-state index in [1.54, 1.807) is 62.4 Å². The molecule has 0 saturated carbocycles. The van der Waals surface area contributed by atoms with Gasteiger partial charge in [0.05, 0.1) is 22.5 Å². The van der Waals surface area contributed by atoms with Crippen molar-refractivity contribution >= 4 is 52.5 Å². The van der Waals surface area contributed by atoms with Gasteiger partial charge in [-0.15, -0.1) is 0 Å². The lowest BCUT2D eigenvalue weighted by Gasteiger charge is -2.27. The summed E-state index contributed by atoms with van der Waals surface area (Å²) in [6.45, 7) is 5.39. The van der Waals surface area contributed by atoms with E-state index in [9.17, 15) is 14.4 Å². The summed E-state index contributed by atoms with van der Waals surface area (Å²) in [5.74, 6) is -1.11. The molecule has 0 atom stereocenters. The van der Waals surface area contributed by atoms with E-state index in [0.29, 0.717) is 33.3 Å². The second-order valence-electron chi connectivity index (χ2n) is 8.06. The lowest BCUT2D eigenvalue weighted by molar-refractivity contribution is -0.122. The van der Waals surface area contributed by atoms with Gasteiger partial charge in [0.25, 0.3) is 11.8 Å². The number of benzene rings is 2. The fourth-order valence-electron chi connectivity index (χ4n) is 3.48. The van der Waals surface area contributed by atoms with Gasteiger partial charge in [-0.1, -0.05) is 54.4 Å². The van der Waals surface area contributed by atoms with Gasteiger partial charge in [-0.05, 0) is 55.7 Å². The van der Waals surface area contributed by atoms with Crippen molar-refractivity contribution < 1.29 is 19.1 Å². The molecular weight excluding hydrogens is 451 g/mol. The minimum absolute atomic E-state index is 0.119. The number of hydrogen-bond donors (Lipinski definition) is 1. The van der Waals surface area contributed by atoms with Crippen molar-refractivity contribution in [3.63, 3.8) is 0 Å². The van der Waals surface area contributed by atoms with Crippen LogP contribution in [0.1, 0.15) is 38.3 Å². The van der Waals surface area contributed by atoms with Gasteiger partial charge in [0.15, 0.2) is 0 Å². The Morgan fingerprint density at radius 3 is 2.00 bits per heavy atom. The molecule has 2 aromatic rings. The third-order valence-corrected chi connectivity index (χ3v) is 6.00. The molecule has 0 saturated heterocycles. The lowest BCUT2D eigenvalue weighted by atomic mass is 10.0. The van der Waals surface area contributed by atoms with Crippen molar-refractivity contribution in [2.75, 3.05) is 0 Å². The first-order chi connectivity index (χ1) is 15.1. The zero-order valence-corrected chi connectivity index (χ0v) is 19.2. The molecule has 0 radical (unpaired) electrons. The van der Waals surface area contributed by atoms with E-state index in [1.165, 1.54) is 0 Å². The molecule has 1 N–H and O–H groups in total. The molecule has 3 amide bonds. The molecule has 4 rings (SSSR count). The van der Waals surface area contributed by atoms with Crippen LogP contribution in [0.2, 0.25) is 10.0 Å². The molecule has 0 bridgehead atoms. The monoisotopic (exact) mass is 470 g/mol. The summed E-state index contributed by atoms with van der Waals surface area (Å²) in [5, 5.41) is 3.77. The fourth-order valence-corrected chi connectivity index (χ4v) is 3.74. The number of imide groups is 1. The largest absolute Gasteiger partial charge is 0.443 e. The van der Waals surface area contributed by atoms with Gasteiger partial charge in [-0.25, -0.2) is 9.69 Å². The average molecular weight is 471 g/mol. The Balaban J connectivity index is 1.91. The molecular formula is C24H20Cl2N2O4. The Hall–Kier alpha value is -3.09. The van der Waals surface area contributed by atoms with Crippen LogP contribution in [0.3, 0.4) is 0 Å². The van der Waals surface area contributed by atoms with Gasteiger partial charge in [-0.2, -0.15) is 0 Å². The van der Waals surface area contributed by atoms with Crippen molar-refractivity contribution in [2.24, 2.45) is 0 Å². The van der Waals surface area contributed by atoms with Crippen LogP contribution in [-0.4, -0.2) is 28.4 Å². The number of halogens is 2. The van der Waals surface area contributed by atoms with E-state index >= 15 is 0 Å². The van der Waals surface area contributed by atoms with Crippen LogP contribution in [0.5, 0.6) is 0 Å². The zero-order chi connectivity index (χ0) is 23.2. The van der Waals surface area contributed by atoms with Crippen LogP contribution >= 0.6 is 23.2 Å². The number of carbonyl (C=O) groups is 3. The SMILES string of the molecule is CCC(C)(C)OC(=O)N1C(=O)C2=C(c3ccc(Cl)cc3)NC(=O)C2=C1c1ccc(Cl)cc1. The zero-order valence-electron chi connectivity index (χ0n) is 17.7. The molecule has 32 heavy (non-hydrogen) atoms. The van der Waals surface area contributed by atoms with Crippen molar-refractivity contribution in [1.82, 2.24) is 10.2 Å². The molecule has 0 fully saturated rings. The quantitative estimate of drug-likeness (QED) is 0.647. The highest BCUT2D eigenvalue weighted by atomic mass is 35.5. The Kier molecular flexibility index (Phi) is 5.61. The summed E-state index contributed by atoms with van der Waals surface area (Å²) in [7, 11) is 0. The number of fused-ring (bicyclic) bond motifs is 1. The minimum atomic E-state index is -0.843. The molecule has 2 aliphatic rings. The maximum Gasteiger partial charge on any atom is 0.422 e. The highest BCUT2D eigenvalue weighted by Crippen LogP contribution is 2.43. The van der Waals surface area contributed by atoms with Crippen LogP contribution < -0.4 is 5.32 Å². The summed E-state index contributed by atoms with van der Waals surface area (Å²) in [6, 6.07) is 13.3. The Morgan fingerprint density at radius 2 is 1.47 bits per heavy atom. The maximum absolute atomic E-state index is 13.5. The first-order valence-electron chi connectivity index (χ1n) is 10.0. The second-order valence-corrected chi connectivity index (χ2v) is 8.94. The van der Waals surface area contributed by atoms with Crippen LogP contribution in [-0.2, 0) is 14.3 Å².